The van der Waals surface area contributed by atoms with Gasteiger partial charge in [0.1, 0.15) is 0 Å². The van der Waals surface area contributed by atoms with Gasteiger partial charge in [-0.25, -0.2) is 8.42 Å². The summed E-state index contributed by atoms with van der Waals surface area (Å²) in [6.45, 7) is 2.72. The Kier molecular flexibility index (Phi) is 5.74. The molecule has 4 rings (SSSR count). The van der Waals surface area contributed by atoms with Crippen LogP contribution in [-0.4, -0.2) is 31.7 Å². The predicted octanol–water partition coefficient (Wildman–Crippen LogP) is 3.91. The number of sulfonamides is 1. The van der Waals surface area contributed by atoms with Gasteiger partial charge in [0.05, 0.1) is 4.90 Å². The molecule has 0 atom stereocenters. The second-order valence-corrected chi connectivity index (χ2v) is 10.1. The Morgan fingerprint density at radius 3 is 2.41 bits per heavy atom. The van der Waals surface area contributed by atoms with Gasteiger partial charge >= 0.3 is 0 Å². The molecule has 154 valence electrons. The molecule has 0 saturated carbocycles. The smallest absolute Gasteiger partial charge is 0.243 e. The quantitative estimate of drug-likeness (QED) is 0.828. The molecule has 0 unspecified atom stereocenters. The summed E-state index contributed by atoms with van der Waals surface area (Å²) in [6.07, 6.45) is 5.38. The molecule has 2 aromatic carbocycles. The first-order valence-corrected chi connectivity index (χ1v) is 11.9. The van der Waals surface area contributed by atoms with Gasteiger partial charge in [-0.15, -0.1) is 0 Å². The largest absolute Gasteiger partial charge is 0.326 e. The van der Waals surface area contributed by atoms with Crippen molar-refractivity contribution < 1.29 is 13.2 Å². The standard InChI is InChI=1S/C23H28N2O3S/c1-17-6-2-5-9-22(17)24-23(26)19-12-14-25(15-13-19)29(27,28)21-11-10-18-7-3-4-8-20(18)16-21/h2,5-6,9-11,16,19H,3-4,7-8,12-15H2,1H3,(H,24,26). The summed E-state index contributed by atoms with van der Waals surface area (Å²) in [5.74, 6) is -0.185. The van der Waals surface area contributed by atoms with Crippen molar-refractivity contribution in [3.63, 3.8) is 0 Å². The highest BCUT2D eigenvalue weighted by Crippen LogP contribution is 2.28. The molecule has 6 heteroatoms. The van der Waals surface area contributed by atoms with Crippen LogP contribution in [0.1, 0.15) is 42.4 Å². The zero-order chi connectivity index (χ0) is 20.4. The summed E-state index contributed by atoms with van der Waals surface area (Å²) in [7, 11) is -3.51. The number of para-hydroxylation sites is 1. The fraction of sp³-hybridized carbons (Fsp3) is 0.435. The van der Waals surface area contributed by atoms with E-state index in [2.05, 4.69) is 5.32 Å². The second-order valence-electron chi connectivity index (χ2n) is 8.12. The van der Waals surface area contributed by atoms with Crippen LogP contribution in [0, 0.1) is 12.8 Å². The van der Waals surface area contributed by atoms with Gasteiger partial charge in [-0.2, -0.15) is 4.31 Å². The highest BCUT2D eigenvalue weighted by atomic mass is 32.2. The number of aryl methyl sites for hydroxylation is 3. The van der Waals surface area contributed by atoms with Crippen LogP contribution in [0.3, 0.4) is 0 Å². The van der Waals surface area contributed by atoms with Crippen molar-refractivity contribution in [3.05, 3.63) is 59.2 Å². The van der Waals surface area contributed by atoms with Gasteiger partial charge in [-0.1, -0.05) is 24.3 Å². The molecule has 0 spiro atoms. The number of carbonyl (C=O) groups is 1. The van der Waals surface area contributed by atoms with E-state index < -0.39 is 10.0 Å². The predicted molar refractivity (Wildman–Crippen MR) is 114 cm³/mol. The van der Waals surface area contributed by atoms with E-state index in [9.17, 15) is 13.2 Å². The van der Waals surface area contributed by atoms with E-state index in [-0.39, 0.29) is 11.8 Å². The van der Waals surface area contributed by atoms with Crippen LogP contribution in [-0.2, 0) is 27.7 Å². The SMILES string of the molecule is Cc1ccccc1NC(=O)C1CCN(S(=O)(=O)c2ccc3c(c2)CCCC3)CC1. The average molecular weight is 413 g/mol. The van der Waals surface area contributed by atoms with Crippen LogP contribution >= 0.6 is 0 Å². The molecule has 1 aliphatic carbocycles. The maximum Gasteiger partial charge on any atom is 0.243 e. The van der Waals surface area contributed by atoms with E-state index in [0.717, 1.165) is 30.5 Å². The lowest BCUT2D eigenvalue weighted by Crippen LogP contribution is -2.41. The number of rotatable bonds is 4. The Morgan fingerprint density at radius 1 is 1.00 bits per heavy atom. The maximum atomic E-state index is 13.1. The van der Waals surface area contributed by atoms with Crippen LogP contribution in [0.4, 0.5) is 5.69 Å². The van der Waals surface area contributed by atoms with E-state index in [0.29, 0.717) is 30.8 Å². The fourth-order valence-corrected chi connectivity index (χ4v) is 5.85. The molecule has 1 saturated heterocycles. The highest BCUT2D eigenvalue weighted by molar-refractivity contribution is 7.89. The molecule has 1 aliphatic heterocycles. The Bertz CT molecular complexity index is 1010. The van der Waals surface area contributed by atoms with Crippen molar-refractivity contribution in [1.82, 2.24) is 4.31 Å². The monoisotopic (exact) mass is 412 g/mol. The summed E-state index contributed by atoms with van der Waals surface area (Å²) in [5, 5.41) is 2.99. The lowest BCUT2D eigenvalue weighted by atomic mass is 9.92. The van der Waals surface area contributed by atoms with E-state index in [1.54, 1.807) is 6.07 Å². The van der Waals surface area contributed by atoms with E-state index in [1.807, 2.05) is 43.3 Å². The van der Waals surface area contributed by atoms with Crippen molar-refractivity contribution in [2.75, 3.05) is 18.4 Å². The van der Waals surface area contributed by atoms with Gasteiger partial charge in [-0.3, -0.25) is 4.79 Å². The van der Waals surface area contributed by atoms with Crippen LogP contribution in [0.15, 0.2) is 47.4 Å². The number of benzene rings is 2. The molecule has 0 aromatic heterocycles. The topological polar surface area (TPSA) is 66.5 Å². The van der Waals surface area contributed by atoms with Gasteiger partial charge in [0.25, 0.3) is 0 Å². The minimum atomic E-state index is -3.51. The van der Waals surface area contributed by atoms with Gasteiger partial charge in [0, 0.05) is 24.7 Å². The van der Waals surface area contributed by atoms with Gasteiger partial charge in [0.15, 0.2) is 0 Å². The molecule has 0 bridgehead atoms. The molecular formula is C23H28N2O3S. The molecular weight excluding hydrogens is 384 g/mol. The molecule has 1 heterocycles. The number of nitrogens with zero attached hydrogens (tertiary/aromatic N) is 1. The zero-order valence-electron chi connectivity index (χ0n) is 16.9. The Hall–Kier alpha value is -2.18. The summed E-state index contributed by atoms with van der Waals surface area (Å²) < 4.78 is 27.8. The molecule has 0 radical (unpaired) electrons. The van der Waals surface area contributed by atoms with Crippen molar-refractivity contribution in [2.45, 2.75) is 50.3 Å². The Balaban J connectivity index is 1.41. The van der Waals surface area contributed by atoms with Gasteiger partial charge < -0.3 is 5.32 Å². The van der Waals surface area contributed by atoms with Crippen molar-refractivity contribution in [2.24, 2.45) is 5.92 Å². The first kappa shape index (κ1) is 20.1. The number of carbonyl (C=O) groups excluding carboxylic acids is 1. The lowest BCUT2D eigenvalue weighted by Gasteiger charge is -2.31. The Morgan fingerprint density at radius 2 is 1.69 bits per heavy atom. The minimum Gasteiger partial charge on any atom is -0.326 e. The molecule has 1 amide bonds. The van der Waals surface area contributed by atoms with Crippen molar-refractivity contribution >= 4 is 21.6 Å². The number of fused-ring (bicyclic) bond motifs is 1. The molecule has 29 heavy (non-hydrogen) atoms. The van der Waals surface area contributed by atoms with Crippen LogP contribution in [0.5, 0.6) is 0 Å². The van der Waals surface area contributed by atoms with E-state index >= 15 is 0 Å². The first-order valence-electron chi connectivity index (χ1n) is 10.4. The van der Waals surface area contributed by atoms with Crippen LogP contribution in [0.2, 0.25) is 0 Å². The zero-order valence-corrected chi connectivity index (χ0v) is 17.7. The number of hydrogen-bond acceptors (Lipinski definition) is 3. The van der Waals surface area contributed by atoms with Crippen molar-refractivity contribution in [3.8, 4) is 0 Å². The summed E-state index contributed by atoms with van der Waals surface area (Å²) >= 11 is 0. The number of nitrogens with one attached hydrogen (secondary N) is 1. The van der Waals surface area contributed by atoms with Crippen LogP contribution < -0.4 is 5.32 Å². The summed E-state index contributed by atoms with van der Waals surface area (Å²) in [5.41, 5.74) is 4.29. The number of hydrogen-bond donors (Lipinski definition) is 1. The summed E-state index contributed by atoms with van der Waals surface area (Å²) in [6, 6.07) is 13.3. The molecule has 1 fully saturated rings. The summed E-state index contributed by atoms with van der Waals surface area (Å²) in [4.78, 5) is 13.0. The Labute approximate surface area is 173 Å². The lowest BCUT2D eigenvalue weighted by molar-refractivity contribution is -0.120. The normalized spacial score (nSPS) is 18.2. The fourth-order valence-electron chi connectivity index (χ4n) is 4.33. The highest BCUT2D eigenvalue weighted by Gasteiger charge is 2.32. The van der Waals surface area contributed by atoms with Gasteiger partial charge in [0.2, 0.25) is 15.9 Å². The first-order chi connectivity index (χ1) is 13.9. The third-order valence-electron chi connectivity index (χ3n) is 6.19. The number of piperidine rings is 1. The van der Waals surface area contributed by atoms with E-state index in [4.69, 9.17) is 0 Å². The molecule has 5 nitrogen and oxygen atoms in total. The third kappa shape index (κ3) is 4.23. The van der Waals surface area contributed by atoms with Crippen LogP contribution in [0.25, 0.3) is 0 Å². The average Bonchev–Trinajstić information content (AvgIpc) is 2.75. The molecule has 1 N–H and O–H groups in total. The molecule has 2 aromatic rings. The van der Waals surface area contributed by atoms with E-state index in [1.165, 1.54) is 21.9 Å². The second kappa shape index (κ2) is 8.28. The third-order valence-corrected chi connectivity index (χ3v) is 8.08. The van der Waals surface area contributed by atoms with Gasteiger partial charge in [-0.05, 0) is 80.3 Å². The minimum absolute atomic E-state index is 0.0230. The maximum absolute atomic E-state index is 13.1. The number of amides is 1. The molecule has 2 aliphatic rings. The number of anilines is 1. The van der Waals surface area contributed by atoms with Crippen molar-refractivity contribution in [1.29, 1.82) is 0 Å².